The van der Waals surface area contributed by atoms with Crippen LogP contribution in [0, 0.1) is 5.82 Å². The van der Waals surface area contributed by atoms with Crippen molar-refractivity contribution < 1.29 is 13.9 Å². The molecule has 2 aromatic carbocycles. The fourth-order valence-corrected chi connectivity index (χ4v) is 4.33. The van der Waals surface area contributed by atoms with E-state index in [1.807, 2.05) is 26.0 Å². The molecule has 0 saturated carbocycles. The van der Waals surface area contributed by atoms with E-state index < -0.39 is 5.82 Å². The highest BCUT2D eigenvalue weighted by Crippen LogP contribution is 2.27. The lowest BCUT2D eigenvalue weighted by Gasteiger charge is -2.35. The number of rotatable bonds is 3. The monoisotopic (exact) mass is 464 g/mol. The van der Waals surface area contributed by atoms with Gasteiger partial charge < -0.3 is 9.64 Å². The predicted molar refractivity (Wildman–Crippen MR) is 125 cm³/mol. The number of carbonyl (C=O) groups excluding carboxylic acids is 1. The Bertz CT molecular complexity index is 1330. The van der Waals surface area contributed by atoms with Gasteiger partial charge in [0.2, 0.25) is 0 Å². The average molecular weight is 465 g/mol. The molecule has 0 bridgehead atoms. The van der Waals surface area contributed by atoms with Crippen LogP contribution in [0.15, 0.2) is 60.7 Å². The summed E-state index contributed by atoms with van der Waals surface area (Å²) >= 11 is 6.02. The van der Waals surface area contributed by atoms with Crippen LogP contribution in [0.25, 0.3) is 28.2 Å². The van der Waals surface area contributed by atoms with Crippen LogP contribution in [0.3, 0.4) is 0 Å². The Morgan fingerprint density at radius 1 is 1.03 bits per heavy atom. The van der Waals surface area contributed by atoms with Crippen LogP contribution in [0.5, 0.6) is 0 Å². The molecule has 2 unspecified atom stereocenters. The number of halogens is 2. The quantitative estimate of drug-likeness (QED) is 0.423. The van der Waals surface area contributed by atoms with Gasteiger partial charge in [-0.15, -0.1) is 0 Å². The summed E-state index contributed by atoms with van der Waals surface area (Å²) in [5.41, 5.74) is 2.96. The Morgan fingerprint density at radius 2 is 1.73 bits per heavy atom. The fourth-order valence-electron chi connectivity index (χ4n) is 4.20. The predicted octanol–water partition coefficient (Wildman–Crippen LogP) is 5.11. The van der Waals surface area contributed by atoms with Crippen LogP contribution >= 0.6 is 11.6 Å². The van der Waals surface area contributed by atoms with Crippen LogP contribution < -0.4 is 0 Å². The molecule has 2 atom stereocenters. The zero-order valence-corrected chi connectivity index (χ0v) is 19.0. The largest absolute Gasteiger partial charge is 0.372 e. The van der Waals surface area contributed by atoms with Crippen molar-refractivity contribution in [1.82, 2.24) is 19.5 Å². The van der Waals surface area contributed by atoms with E-state index in [9.17, 15) is 9.18 Å². The molecule has 1 aliphatic rings. The van der Waals surface area contributed by atoms with E-state index in [0.717, 1.165) is 5.56 Å². The second-order valence-electron chi connectivity index (χ2n) is 8.28. The maximum atomic E-state index is 14.6. The minimum absolute atomic E-state index is 0.0803. The Morgan fingerprint density at radius 3 is 2.42 bits per heavy atom. The van der Waals surface area contributed by atoms with E-state index in [1.54, 1.807) is 47.4 Å². The summed E-state index contributed by atoms with van der Waals surface area (Å²) < 4.78 is 21.9. The number of fused-ring (bicyclic) bond motifs is 1. The Kier molecular flexibility index (Phi) is 5.60. The van der Waals surface area contributed by atoms with Crippen LogP contribution in [0.4, 0.5) is 4.39 Å². The number of nitrogens with zero attached hydrogens (tertiary/aromatic N) is 4. The number of hydrogen-bond acceptors (Lipinski definition) is 4. The number of carbonyl (C=O) groups is 1. The van der Waals surface area contributed by atoms with Crippen molar-refractivity contribution in [3.63, 3.8) is 0 Å². The molecular formula is C25H22ClFN4O2. The smallest absolute Gasteiger partial charge is 0.272 e. The highest BCUT2D eigenvalue weighted by Gasteiger charge is 2.29. The van der Waals surface area contributed by atoms with E-state index in [4.69, 9.17) is 16.3 Å². The normalized spacial score (nSPS) is 18.6. The lowest BCUT2D eigenvalue weighted by Crippen LogP contribution is -2.48. The maximum Gasteiger partial charge on any atom is 0.272 e. The van der Waals surface area contributed by atoms with E-state index in [2.05, 4.69) is 10.1 Å². The van der Waals surface area contributed by atoms with Gasteiger partial charge in [-0.1, -0.05) is 35.9 Å². The van der Waals surface area contributed by atoms with Crippen molar-refractivity contribution >= 4 is 23.2 Å². The molecule has 1 amide bonds. The third kappa shape index (κ3) is 4.21. The maximum absolute atomic E-state index is 14.6. The van der Waals surface area contributed by atoms with Crippen molar-refractivity contribution in [3.05, 3.63) is 77.2 Å². The molecule has 2 aromatic heterocycles. The highest BCUT2D eigenvalue weighted by molar-refractivity contribution is 6.30. The van der Waals surface area contributed by atoms with Gasteiger partial charge in [-0.3, -0.25) is 4.79 Å². The van der Waals surface area contributed by atoms with Gasteiger partial charge in [-0.25, -0.2) is 13.9 Å². The SMILES string of the molecule is CC1CN(C(=O)c2cc(-c3ccccc3F)nc3cc(-c4ccc(Cl)cc4)nn23)CC(C)O1. The van der Waals surface area contributed by atoms with Gasteiger partial charge in [-0.05, 0) is 44.2 Å². The molecule has 0 N–H and O–H groups in total. The molecule has 1 fully saturated rings. The Balaban J connectivity index is 1.67. The summed E-state index contributed by atoms with van der Waals surface area (Å²) in [5, 5.41) is 5.28. The van der Waals surface area contributed by atoms with Crippen LogP contribution in [0.2, 0.25) is 5.02 Å². The van der Waals surface area contributed by atoms with Crippen molar-refractivity contribution in [2.45, 2.75) is 26.1 Å². The molecule has 5 rings (SSSR count). The van der Waals surface area contributed by atoms with Gasteiger partial charge in [0.25, 0.3) is 5.91 Å². The molecule has 0 radical (unpaired) electrons. The van der Waals surface area contributed by atoms with Gasteiger partial charge >= 0.3 is 0 Å². The third-order valence-electron chi connectivity index (χ3n) is 5.64. The summed E-state index contributed by atoms with van der Waals surface area (Å²) in [6.45, 7) is 4.81. The molecule has 3 heterocycles. The summed E-state index contributed by atoms with van der Waals surface area (Å²) in [5.74, 6) is -0.605. The fraction of sp³-hybridized carbons (Fsp3) is 0.240. The van der Waals surface area contributed by atoms with E-state index in [0.29, 0.717) is 46.4 Å². The first-order chi connectivity index (χ1) is 15.9. The highest BCUT2D eigenvalue weighted by atomic mass is 35.5. The molecule has 4 aromatic rings. The number of benzene rings is 2. The van der Waals surface area contributed by atoms with Gasteiger partial charge in [0, 0.05) is 35.3 Å². The average Bonchev–Trinajstić information content (AvgIpc) is 3.22. The standard InChI is InChI=1S/C25H22ClFN4O2/c1-15-13-30(14-16(2)33-15)25(32)23-11-22(19-5-3-4-6-20(19)27)28-24-12-21(29-31(23)24)17-7-9-18(26)10-8-17/h3-12,15-16H,13-14H2,1-2H3. The molecule has 1 aliphatic heterocycles. The van der Waals surface area contributed by atoms with Crippen LogP contribution in [0.1, 0.15) is 24.3 Å². The molecule has 8 heteroatoms. The number of hydrogen-bond donors (Lipinski definition) is 0. The molecule has 6 nitrogen and oxygen atoms in total. The van der Waals surface area contributed by atoms with E-state index in [-0.39, 0.29) is 18.1 Å². The molecule has 33 heavy (non-hydrogen) atoms. The molecular weight excluding hydrogens is 443 g/mol. The van der Waals surface area contributed by atoms with Gasteiger partial charge in [0.15, 0.2) is 5.65 Å². The summed E-state index contributed by atoms with van der Waals surface area (Å²) in [6.07, 6.45) is -0.161. The summed E-state index contributed by atoms with van der Waals surface area (Å²) in [6, 6.07) is 17.1. The number of morpholine rings is 1. The first kappa shape index (κ1) is 21.6. The second kappa shape index (κ2) is 8.57. The lowest BCUT2D eigenvalue weighted by molar-refractivity contribution is -0.0588. The minimum Gasteiger partial charge on any atom is -0.372 e. The number of ether oxygens (including phenoxy) is 1. The molecule has 1 saturated heterocycles. The van der Waals surface area contributed by atoms with Crippen molar-refractivity contribution in [1.29, 1.82) is 0 Å². The van der Waals surface area contributed by atoms with Gasteiger partial charge in [-0.2, -0.15) is 5.10 Å². The van der Waals surface area contributed by atoms with Gasteiger partial charge in [0.1, 0.15) is 11.5 Å². The second-order valence-corrected chi connectivity index (χ2v) is 8.72. The van der Waals surface area contributed by atoms with Crippen molar-refractivity contribution in [2.24, 2.45) is 0 Å². The number of amides is 1. The first-order valence-electron chi connectivity index (χ1n) is 10.8. The minimum atomic E-state index is -0.404. The summed E-state index contributed by atoms with van der Waals surface area (Å²) in [7, 11) is 0. The van der Waals surface area contributed by atoms with E-state index >= 15 is 0 Å². The number of aromatic nitrogens is 3. The zero-order valence-electron chi connectivity index (χ0n) is 18.2. The first-order valence-corrected chi connectivity index (χ1v) is 11.1. The molecule has 0 spiro atoms. The zero-order chi connectivity index (χ0) is 23.1. The van der Waals surface area contributed by atoms with Crippen LogP contribution in [-0.4, -0.2) is 50.7 Å². The summed E-state index contributed by atoms with van der Waals surface area (Å²) in [4.78, 5) is 20.0. The van der Waals surface area contributed by atoms with Crippen molar-refractivity contribution in [2.75, 3.05) is 13.1 Å². The Labute approximate surface area is 195 Å². The van der Waals surface area contributed by atoms with E-state index in [1.165, 1.54) is 10.6 Å². The third-order valence-corrected chi connectivity index (χ3v) is 5.89. The lowest BCUT2D eigenvalue weighted by atomic mass is 10.1. The van der Waals surface area contributed by atoms with Crippen molar-refractivity contribution in [3.8, 4) is 22.5 Å². The molecule has 0 aliphatic carbocycles. The van der Waals surface area contributed by atoms with Gasteiger partial charge in [0.05, 0.1) is 23.6 Å². The van der Waals surface area contributed by atoms with Crippen LogP contribution in [-0.2, 0) is 4.74 Å². The topological polar surface area (TPSA) is 59.7 Å². The molecule has 168 valence electrons. The Hall–Kier alpha value is -3.29.